The van der Waals surface area contributed by atoms with Crippen LogP contribution < -0.4 is 15.8 Å². The van der Waals surface area contributed by atoms with Crippen LogP contribution in [0.2, 0.25) is 0 Å². The van der Waals surface area contributed by atoms with Gasteiger partial charge in [-0.3, -0.25) is 9.79 Å². The Kier molecular flexibility index (Phi) is 7.70. The Balaban J connectivity index is 1.49. The monoisotopic (exact) mass is 523 g/mol. The van der Waals surface area contributed by atoms with Crippen LogP contribution in [0.3, 0.4) is 0 Å². The maximum atomic E-state index is 13.2. The standard InChI is InChI=1S/C32H37N5O2/c1-32(2,33)31(38)36-28(18-24-19-34-27-15-8-7-14-26(24)27)29-20-35-30(17-22-10-5-4-6-11-22)37(29)21-23-12-9-13-25(16-23)39-3/h4-16,19,28-29,34H,17-18,20-21,33H2,1-3H3,(H,36,38)/t28-,29?/m1/s1. The molecule has 0 fully saturated rings. The van der Waals surface area contributed by atoms with Crippen molar-refractivity contribution in [2.24, 2.45) is 10.7 Å². The Labute approximate surface area is 230 Å². The van der Waals surface area contributed by atoms with Crippen molar-refractivity contribution in [3.63, 3.8) is 0 Å². The summed E-state index contributed by atoms with van der Waals surface area (Å²) in [6.07, 6.45) is 3.42. The van der Waals surface area contributed by atoms with Gasteiger partial charge in [-0.1, -0.05) is 60.7 Å². The SMILES string of the molecule is COc1cccc(CN2C(Cc3ccccc3)=NCC2[C@@H](Cc2c[nH]c3ccccc23)NC(=O)C(C)(C)N)c1. The van der Waals surface area contributed by atoms with E-state index in [1.165, 1.54) is 5.56 Å². The van der Waals surface area contributed by atoms with Crippen molar-refractivity contribution in [1.29, 1.82) is 0 Å². The lowest BCUT2D eigenvalue weighted by molar-refractivity contribution is -0.126. The highest BCUT2D eigenvalue weighted by molar-refractivity contribution is 5.88. The number of H-pyrrole nitrogens is 1. The Morgan fingerprint density at radius 2 is 1.85 bits per heavy atom. The molecule has 1 aliphatic rings. The number of ether oxygens (including phenoxy) is 1. The van der Waals surface area contributed by atoms with Gasteiger partial charge in [-0.25, -0.2) is 0 Å². The summed E-state index contributed by atoms with van der Waals surface area (Å²) in [5, 5.41) is 4.47. The molecule has 0 bridgehead atoms. The summed E-state index contributed by atoms with van der Waals surface area (Å²) >= 11 is 0. The first-order valence-corrected chi connectivity index (χ1v) is 13.4. The average molecular weight is 524 g/mol. The molecule has 5 rings (SSSR count). The number of hydrogen-bond acceptors (Lipinski definition) is 5. The second kappa shape index (κ2) is 11.3. The zero-order chi connectivity index (χ0) is 27.4. The molecule has 7 heteroatoms. The molecule has 0 aliphatic carbocycles. The number of nitrogens with two attached hydrogens (primary N) is 1. The molecule has 0 saturated carbocycles. The second-order valence-electron chi connectivity index (χ2n) is 10.8. The van der Waals surface area contributed by atoms with Crippen molar-refractivity contribution in [2.45, 2.75) is 50.9 Å². The topological polar surface area (TPSA) is 95.7 Å². The van der Waals surface area contributed by atoms with Crippen LogP contribution in [0.1, 0.15) is 30.5 Å². The Morgan fingerprint density at radius 3 is 2.62 bits per heavy atom. The van der Waals surface area contributed by atoms with Crippen molar-refractivity contribution in [2.75, 3.05) is 13.7 Å². The fourth-order valence-corrected chi connectivity index (χ4v) is 5.21. The number of hydrogen-bond donors (Lipinski definition) is 3. The van der Waals surface area contributed by atoms with E-state index in [9.17, 15) is 4.79 Å². The van der Waals surface area contributed by atoms with Crippen LogP contribution >= 0.6 is 0 Å². The second-order valence-corrected chi connectivity index (χ2v) is 10.8. The van der Waals surface area contributed by atoms with E-state index in [4.69, 9.17) is 15.5 Å². The highest BCUT2D eigenvalue weighted by Crippen LogP contribution is 2.26. The summed E-state index contributed by atoms with van der Waals surface area (Å²) in [5.74, 6) is 1.66. The lowest BCUT2D eigenvalue weighted by Crippen LogP contribution is -2.58. The van der Waals surface area contributed by atoms with E-state index in [1.54, 1.807) is 21.0 Å². The molecule has 0 saturated heterocycles. The highest BCUT2D eigenvalue weighted by atomic mass is 16.5. The molecular formula is C32H37N5O2. The number of nitrogens with zero attached hydrogens (tertiary/aromatic N) is 2. The van der Waals surface area contributed by atoms with Gasteiger partial charge in [0.25, 0.3) is 0 Å². The van der Waals surface area contributed by atoms with Crippen LogP contribution in [0.25, 0.3) is 10.9 Å². The molecule has 3 aromatic carbocycles. The predicted molar refractivity (Wildman–Crippen MR) is 157 cm³/mol. The smallest absolute Gasteiger partial charge is 0.239 e. The minimum atomic E-state index is -0.998. The van der Waals surface area contributed by atoms with Gasteiger partial charge in [0.1, 0.15) is 11.6 Å². The average Bonchev–Trinajstić information content (AvgIpc) is 3.52. The van der Waals surface area contributed by atoms with E-state index in [0.29, 0.717) is 19.5 Å². The minimum absolute atomic E-state index is 0.0464. The maximum absolute atomic E-state index is 13.2. The van der Waals surface area contributed by atoms with Gasteiger partial charge in [-0.05, 0) is 55.2 Å². The molecule has 7 nitrogen and oxygen atoms in total. The summed E-state index contributed by atoms with van der Waals surface area (Å²) in [7, 11) is 1.68. The van der Waals surface area contributed by atoms with Crippen molar-refractivity contribution < 1.29 is 9.53 Å². The van der Waals surface area contributed by atoms with E-state index in [0.717, 1.165) is 40.0 Å². The number of nitrogens with one attached hydrogen (secondary N) is 2. The number of carbonyl (C=O) groups is 1. The van der Waals surface area contributed by atoms with Crippen molar-refractivity contribution in [3.05, 3.63) is 102 Å². The third-order valence-corrected chi connectivity index (χ3v) is 7.37. The minimum Gasteiger partial charge on any atom is -0.497 e. The van der Waals surface area contributed by atoms with Crippen LogP contribution in [-0.4, -0.2) is 52.9 Å². The molecular weight excluding hydrogens is 486 g/mol. The molecule has 2 heterocycles. The fraction of sp³-hybridized carbons (Fsp3) is 0.312. The molecule has 0 radical (unpaired) electrons. The van der Waals surface area contributed by atoms with Gasteiger partial charge in [0, 0.05) is 30.1 Å². The van der Waals surface area contributed by atoms with Crippen molar-refractivity contribution in [1.82, 2.24) is 15.2 Å². The number of aromatic nitrogens is 1. The number of rotatable bonds is 10. The number of para-hydroxylation sites is 1. The molecule has 1 aromatic heterocycles. The summed E-state index contributed by atoms with van der Waals surface area (Å²) in [6.45, 7) is 4.72. The summed E-state index contributed by atoms with van der Waals surface area (Å²) in [6, 6.07) is 26.5. The first-order chi connectivity index (χ1) is 18.8. The number of methoxy groups -OCH3 is 1. The van der Waals surface area contributed by atoms with E-state index in [1.807, 2.05) is 36.5 Å². The van der Waals surface area contributed by atoms with Gasteiger partial charge >= 0.3 is 0 Å². The maximum Gasteiger partial charge on any atom is 0.239 e. The number of amidine groups is 1. The van der Waals surface area contributed by atoms with Gasteiger partial charge in [0.15, 0.2) is 0 Å². The van der Waals surface area contributed by atoms with Gasteiger partial charge < -0.3 is 25.7 Å². The Bertz CT molecular complexity index is 1450. The number of aromatic amines is 1. The van der Waals surface area contributed by atoms with Gasteiger partial charge in [-0.2, -0.15) is 0 Å². The third kappa shape index (κ3) is 6.15. The van der Waals surface area contributed by atoms with E-state index in [-0.39, 0.29) is 18.0 Å². The lowest BCUT2D eigenvalue weighted by Gasteiger charge is -2.36. The third-order valence-electron chi connectivity index (χ3n) is 7.37. The van der Waals surface area contributed by atoms with Gasteiger partial charge in [0.2, 0.25) is 5.91 Å². The number of aliphatic imine (C=N–C) groups is 1. The number of amides is 1. The normalized spacial score (nSPS) is 16.3. The molecule has 4 N–H and O–H groups in total. The van der Waals surface area contributed by atoms with E-state index in [2.05, 4.69) is 63.7 Å². The van der Waals surface area contributed by atoms with Crippen LogP contribution in [0.15, 0.2) is 90.1 Å². The summed E-state index contributed by atoms with van der Waals surface area (Å²) < 4.78 is 5.49. The molecule has 1 aliphatic heterocycles. The molecule has 4 aromatic rings. The zero-order valence-electron chi connectivity index (χ0n) is 22.9. The van der Waals surface area contributed by atoms with E-state index >= 15 is 0 Å². The molecule has 0 spiro atoms. The van der Waals surface area contributed by atoms with Gasteiger partial charge in [0.05, 0.1) is 31.3 Å². The van der Waals surface area contributed by atoms with Crippen LogP contribution in [0, 0.1) is 0 Å². The molecule has 1 unspecified atom stereocenters. The molecule has 39 heavy (non-hydrogen) atoms. The quantitative estimate of drug-likeness (QED) is 0.286. The van der Waals surface area contributed by atoms with Crippen LogP contribution in [0.5, 0.6) is 5.75 Å². The zero-order valence-corrected chi connectivity index (χ0v) is 22.9. The lowest BCUT2D eigenvalue weighted by atomic mass is 9.95. The van der Waals surface area contributed by atoms with Crippen LogP contribution in [0.4, 0.5) is 0 Å². The number of fused-ring (bicyclic) bond motifs is 1. The Morgan fingerprint density at radius 1 is 1.10 bits per heavy atom. The first kappa shape index (κ1) is 26.5. The van der Waals surface area contributed by atoms with Crippen LogP contribution in [-0.2, 0) is 24.2 Å². The van der Waals surface area contributed by atoms with E-state index < -0.39 is 5.54 Å². The first-order valence-electron chi connectivity index (χ1n) is 13.4. The molecule has 2 atom stereocenters. The van der Waals surface area contributed by atoms with Crippen molar-refractivity contribution >= 4 is 22.6 Å². The van der Waals surface area contributed by atoms with Crippen molar-refractivity contribution in [3.8, 4) is 5.75 Å². The van der Waals surface area contributed by atoms with Gasteiger partial charge in [-0.15, -0.1) is 0 Å². The largest absolute Gasteiger partial charge is 0.497 e. The molecule has 1 amide bonds. The number of benzene rings is 3. The number of carbonyl (C=O) groups excluding carboxylic acids is 1. The summed E-state index contributed by atoms with van der Waals surface area (Å²) in [5.41, 5.74) is 9.80. The Hall–Kier alpha value is -4.10. The summed E-state index contributed by atoms with van der Waals surface area (Å²) in [4.78, 5) is 24.0. The highest BCUT2D eigenvalue weighted by Gasteiger charge is 2.37. The molecule has 202 valence electrons. The predicted octanol–water partition coefficient (Wildman–Crippen LogP) is 4.47. The fourth-order valence-electron chi connectivity index (χ4n) is 5.21.